The van der Waals surface area contributed by atoms with E-state index < -0.39 is 11.8 Å². The van der Waals surface area contributed by atoms with Gasteiger partial charge in [0.1, 0.15) is 0 Å². The van der Waals surface area contributed by atoms with Gasteiger partial charge < -0.3 is 5.32 Å². The molecule has 3 rings (SSSR count). The maximum atomic E-state index is 12.4. The minimum absolute atomic E-state index is 0.213. The number of thioether (sulfide) groups is 1. The highest BCUT2D eigenvalue weighted by Gasteiger charge is 2.29. The zero-order chi connectivity index (χ0) is 16.4. The van der Waals surface area contributed by atoms with Crippen LogP contribution in [-0.2, 0) is 0 Å². The van der Waals surface area contributed by atoms with Crippen LogP contribution in [0.4, 0.5) is 5.69 Å². The van der Waals surface area contributed by atoms with E-state index >= 15 is 0 Å². The summed E-state index contributed by atoms with van der Waals surface area (Å²) < 4.78 is 0. The van der Waals surface area contributed by atoms with Crippen molar-refractivity contribution in [1.82, 2.24) is 5.32 Å². The van der Waals surface area contributed by atoms with Gasteiger partial charge in [0.15, 0.2) is 0 Å². The third-order valence-electron chi connectivity index (χ3n) is 3.42. The monoisotopic (exact) mass is 326 g/mol. The van der Waals surface area contributed by atoms with Crippen molar-refractivity contribution in [1.29, 1.82) is 0 Å². The highest BCUT2D eigenvalue weighted by Crippen LogP contribution is 2.25. The molecule has 6 heteroatoms. The molecule has 0 saturated heterocycles. The van der Waals surface area contributed by atoms with Crippen molar-refractivity contribution in [2.45, 2.75) is 11.8 Å². The summed E-state index contributed by atoms with van der Waals surface area (Å²) in [5, 5.41) is 4.95. The number of nitrogens with one attached hydrogen (secondary N) is 2. The molecule has 116 valence electrons. The maximum absolute atomic E-state index is 12.4. The Hall–Kier alpha value is -2.60. The van der Waals surface area contributed by atoms with Gasteiger partial charge in [-0.25, -0.2) is 0 Å². The number of benzene rings is 2. The number of carbonyl (C=O) groups excluding carboxylic acids is 3. The number of hydrogen-bond acceptors (Lipinski definition) is 4. The molecule has 2 aromatic carbocycles. The molecule has 0 fully saturated rings. The van der Waals surface area contributed by atoms with Crippen LogP contribution >= 0.6 is 11.8 Å². The first-order chi connectivity index (χ1) is 11.1. The molecule has 0 saturated carbocycles. The molecule has 2 N–H and O–H groups in total. The van der Waals surface area contributed by atoms with Gasteiger partial charge in [0.05, 0.1) is 16.8 Å². The number of carbonyl (C=O) groups is 3. The molecule has 0 atom stereocenters. The maximum Gasteiger partial charge on any atom is 0.261 e. The van der Waals surface area contributed by atoms with Crippen molar-refractivity contribution in [2.75, 3.05) is 11.1 Å². The van der Waals surface area contributed by atoms with E-state index in [1.165, 1.54) is 0 Å². The molecule has 0 unspecified atom stereocenters. The SMILES string of the molecule is CCSc1cccc(C(=O)Nc2cccc3c2C(=O)NC3=O)c1. The van der Waals surface area contributed by atoms with Crippen LogP contribution in [0.3, 0.4) is 0 Å². The molecular weight excluding hydrogens is 312 g/mol. The standard InChI is InChI=1S/C17H14N2O3S/c1-2-23-11-6-3-5-10(9-11)15(20)18-13-8-4-7-12-14(13)17(22)19-16(12)21/h3-9H,2H2,1H3,(H,18,20)(H,19,21,22). The summed E-state index contributed by atoms with van der Waals surface area (Å²) in [5.74, 6) is -0.331. The van der Waals surface area contributed by atoms with E-state index in [-0.39, 0.29) is 17.0 Å². The molecule has 0 radical (unpaired) electrons. The van der Waals surface area contributed by atoms with Gasteiger partial charge in [-0.1, -0.05) is 19.1 Å². The van der Waals surface area contributed by atoms with Crippen LogP contribution in [0.5, 0.6) is 0 Å². The lowest BCUT2D eigenvalue weighted by molar-refractivity contribution is 0.0879. The van der Waals surface area contributed by atoms with Crippen molar-refractivity contribution in [3.8, 4) is 0 Å². The predicted octanol–water partition coefficient (Wildman–Crippen LogP) is 2.93. The van der Waals surface area contributed by atoms with Gasteiger partial charge in [-0.2, -0.15) is 0 Å². The van der Waals surface area contributed by atoms with Crippen LogP contribution in [0.1, 0.15) is 38.0 Å². The smallest absolute Gasteiger partial charge is 0.261 e. The van der Waals surface area contributed by atoms with E-state index in [1.54, 1.807) is 42.1 Å². The number of amides is 3. The molecule has 5 nitrogen and oxygen atoms in total. The molecule has 0 bridgehead atoms. The Bertz CT molecular complexity index is 817. The van der Waals surface area contributed by atoms with Gasteiger partial charge in [0.25, 0.3) is 17.7 Å². The van der Waals surface area contributed by atoms with Gasteiger partial charge in [-0.3, -0.25) is 19.7 Å². The first kappa shape index (κ1) is 15.3. The fraction of sp³-hybridized carbons (Fsp3) is 0.118. The molecule has 0 aromatic heterocycles. The Kier molecular flexibility index (Phi) is 4.16. The summed E-state index contributed by atoms with van der Waals surface area (Å²) >= 11 is 1.65. The Morgan fingerprint density at radius 2 is 1.91 bits per heavy atom. The lowest BCUT2D eigenvalue weighted by Crippen LogP contribution is -2.20. The lowest BCUT2D eigenvalue weighted by atomic mass is 10.1. The third kappa shape index (κ3) is 2.98. The second-order valence-corrected chi connectivity index (χ2v) is 6.26. The minimum atomic E-state index is -0.490. The summed E-state index contributed by atoms with van der Waals surface area (Å²) in [6.07, 6.45) is 0. The van der Waals surface area contributed by atoms with E-state index in [9.17, 15) is 14.4 Å². The highest BCUT2D eigenvalue weighted by atomic mass is 32.2. The normalized spacial score (nSPS) is 12.7. The molecule has 23 heavy (non-hydrogen) atoms. The lowest BCUT2D eigenvalue weighted by Gasteiger charge is -2.09. The summed E-state index contributed by atoms with van der Waals surface area (Å²) in [5.41, 5.74) is 1.34. The van der Waals surface area contributed by atoms with Gasteiger partial charge >= 0.3 is 0 Å². The average Bonchev–Trinajstić information content (AvgIpc) is 2.84. The third-order valence-corrected chi connectivity index (χ3v) is 4.29. The fourth-order valence-corrected chi connectivity index (χ4v) is 3.13. The zero-order valence-corrected chi connectivity index (χ0v) is 13.2. The minimum Gasteiger partial charge on any atom is -0.321 e. The Morgan fingerprint density at radius 3 is 2.70 bits per heavy atom. The van der Waals surface area contributed by atoms with Crippen LogP contribution in [0, 0.1) is 0 Å². The number of hydrogen-bond donors (Lipinski definition) is 2. The van der Waals surface area contributed by atoms with Crippen LogP contribution < -0.4 is 10.6 Å². The van der Waals surface area contributed by atoms with Crippen LogP contribution in [0.25, 0.3) is 0 Å². The number of fused-ring (bicyclic) bond motifs is 1. The molecule has 0 aliphatic carbocycles. The Balaban J connectivity index is 1.89. The Labute approximate surface area is 137 Å². The van der Waals surface area contributed by atoms with E-state index in [4.69, 9.17) is 0 Å². The van der Waals surface area contributed by atoms with E-state index in [0.717, 1.165) is 10.6 Å². The molecule has 1 aliphatic rings. The fourth-order valence-electron chi connectivity index (χ4n) is 2.41. The molecule has 2 aromatic rings. The van der Waals surface area contributed by atoms with Crippen LogP contribution in [-0.4, -0.2) is 23.5 Å². The summed E-state index contributed by atoms with van der Waals surface area (Å²) in [7, 11) is 0. The van der Waals surface area contributed by atoms with Crippen molar-refractivity contribution in [3.63, 3.8) is 0 Å². The Morgan fingerprint density at radius 1 is 1.13 bits per heavy atom. The van der Waals surface area contributed by atoms with Crippen LogP contribution in [0.2, 0.25) is 0 Å². The zero-order valence-electron chi connectivity index (χ0n) is 12.4. The van der Waals surface area contributed by atoms with Gasteiger partial charge in [-0.05, 0) is 36.1 Å². The van der Waals surface area contributed by atoms with Gasteiger partial charge in [0, 0.05) is 10.5 Å². The van der Waals surface area contributed by atoms with E-state index in [0.29, 0.717) is 11.3 Å². The summed E-state index contributed by atoms with van der Waals surface area (Å²) in [6.45, 7) is 2.04. The molecule has 1 heterocycles. The van der Waals surface area contributed by atoms with Crippen molar-refractivity contribution >= 4 is 35.2 Å². The quantitative estimate of drug-likeness (QED) is 0.669. The number of imide groups is 1. The highest BCUT2D eigenvalue weighted by molar-refractivity contribution is 7.99. The van der Waals surface area contributed by atoms with E-state index in [2.05, 4.69) is 10.6 Å². The molecule has 0 spiro atoms. The van der Waals surface area contributed by atoms with Crippen molar-refractivity contribution < 1.29 is 14.4 Å². The first-order valence-electron chi connectivity index (χ1n) is 7.13. The van der Waals surface area contributed by atoms with Crippen LogP contribution in [0.15, 0.2) is 47.4 Å². The topological polar surface area (TPSA) is 75.3 Å². The summed E-state index contributed by atoms with van der Waals surface area (Å²) in [4.78, 5) is 36.9. The molecule has 3 amide bonds. The predicted molar refractivity (Wildman–Crippen MR) is 89.0 cm³/mol. The van der Waals surface area contributed by atoms with Gasteiger partial charge in [0.2, 0.25) is 0 Å². The first-order valence-corrected chi connectivity index (χ1v) is 8.11. The number of rotatable bonds is 4. The second kappa shape index (κ2) is 6.26. The van der Waals surface area contributed by atoms with Gasteiger partial charge in [-0.15, -0.1) is 11.8 Å². The largest absolute Gasteiger partial charge is 0.321 e. The molecular formula is C17H14N2O3S. The second-order valence-electron chi connectivity index (χ2n) is 4.93. The summed E-state index contributed by atoms with van der Waals surface area (Å²) in [6, 6.07) is 12.1. The van der Waals surface area contributed by atoms with Crippen molar-refractivity contribution in [3.05, 3.63) is 59.2 Å². The average molecular weight is 326 g/mol. The van der Waals surface area contributed by atoms with E-state index in [1.807, 2.05) is 19.1 Å². The van der Waals surface area contributed by atoms with Crippen molar-refractivity contribution in [2.24, 2.45) is 0 Å². The number of anilines is 1. The molecule has 1 aliphatic heterocycles.